The summed E-state index contributed by atoms with van der Waals surface area (Å²) in [7, 11) is 0. The van der Waals surface area contributed by atoms with Crippen molar-refractivity contribution in [2.75, 3.05) is 12.5 Å². The van der Waals surface area contributed by atoms with Crippen LogP contribution in [0.1, 0.15) is 38.3 Å². The van der Waals surface area contributed by atoms with Gasteiger partial charge in [-0.15, -0.1) is 11.6 Å². The molecule has 1 aromatic rings. The van der Waals surface area contributed by atoms with Crippen molar-refractivity contribution in [1.29, 1.82) is 0 Å². The van der Waals surface area contributed by atoms with Crippen LogP contribution in [0.3, 0.4) is 0 Å². The van der Waals surface area contributed by atoms with E-state index in [0.717, 1.165) is 12.8 Å². The number of alkyl halides is 1. The Bertz CT molecular complexity index is 394. The molecular weight excluding hydrogens is 260 g/mol. The minimum Gasteiger partial charge on any atom is -0.350 e. The average Bonchev–Trinajstić information content (AvgIpc) is 2.84. The SMILES string of the molecule is CC(C)(C)c1ccc(CC[C@@H]2OC[C@H](CCl)O2)cc1. The predicted octanol–water partition coefficient (Wildman–Crippen LogP) is 3.90. The van der Waals surface area contributed by atoms with Crippen molar-refractivity contribution in [3.05, 3.63) is 35.4 Å². The number of benzene rings is 1. The van der Waals surface area contributed by atoms with E-state index in [0.29, 0.717) is 12.5 Å². The highest BCUT2D eigenvalue weighted by Crippen LogP contribution is 2.23. The first-order valence-corrected chi connectivity index (χ1v) is 7.45. The summed E-state index contributed by atoms with van der Waals surface area (Å²) in [5.74, 6) is 0.511. The fourth-order valence-corrected chi connectivity index (χ4v) is 2.36. The highest BCUT2D eigenvalue weighted by molar-refractivity contribution is 6.18. The first kappa shape index (κ1) is 14.8. The lowest BCUT2D eigenvalue weighted by molar-refractivity contribution is -0.0582. The van der Waals surface area contributed by atoms with Gasteiger partial charge in [0.05, 0.1) is 18.6 Å². The van der Waals surface area contributed by atoms with Gasteiger partial charge in [0.25, 0.3) is 0 Å². The minimum absolute atomic E-state index is 0.0648. The second-order valence-electron chi connectivity index (χ2n) is 6.16. The van der Waals surface area contributed by atoms with Gasteiger partial charge in [0.2, 0.25) is 0 Å². The molecule has 1 aromatic carbocycles. The van der Waals surface area contributed by atoms with E-state index < -0.39 is 0 Å². The Morgan fingerprint density at radius 2 is 1.89 bits per heavy atom. The number of hydrogen-bond donors (Lipinski definition) is 0. The zero-order valence-electron chi connectivity index (χ0n) is 12.0. The summed E-state index contributed by atoms with van der Waals surface area (Å²) in [5.41, 5.74) is 2.91. The maximum Gasteiger partial charge on any atom is 0.158 e. The van der Waals surface area contributed by atoms with Crippen LogP contribution in [0, 0.1) is 0 Å². The number of aryl methyl sites for hydroxylation is 1. The van der Waals surface area contributed by atoms with Gasteiger partial charge in [-0.2, -0.15) is 0 Å². The molecule has 0 aliphatic carbocycles. The summed E-state index contributed by atoms with van der Waals surface area (Å²) in [6, 6.07) is 8.84. The van der Waals surface area contributed by atoms with Gasteiger partial charge in [0.15, 0.2) is 6.29 Å². The van der Waals surface area contributed by atoms with Crippen LogP contribution in [-0.4, -0.2) is 24.9 Å². The van der Waals surface area contributed by atoms with Crippen LogP contribution < -0.4 is 0 Å². The molecule has 19 heavy (non-hydrogen) atoms. The van der Waals surface area contributed by atoms with E-state index in [2.05, 4.69) is 45.0 Å². The summed E-state index contributed by atoms with van der Waals surface area (Å²) in [6.07, 6.45) is 1.84. The molecule has 1 fully saturated rings. The summed E-state index contributed by atoms with van der Waals surface area (Å²) in [5, 5.41) is 0. The third-order valence-corrected chi connectivity index (χ3v) is 3.82. The van der Waals surface area contributed by atoms with Crippen LogP contribution >= 0.6 is 11.6 Å². The molecule has 0 bridgehead atoms. The van der Waals surface area contributed by atoms with Gasteiger partial charge in [-0.25, -0.2) is 0 Å². The van der Waals surface area contributed by atoms with Crippen LogP contribution in [0.15, 0.2) is 24.3 Å². The van der Waals surface area contributed by atoms with E-state index in [-0.39, 0.29) is 17.8 Å². The van der Waals surface area contributed by atoms with Gasteiger partial charge < -0.3 is 9.47 Å². The fourth-order valence-electron chi connectivity index (χ4n) is 2.20. The fraction of sp³-hybridized carbons (Fsp3) is 0.625. The van der Waals surface area contributed by atoms with Gasteiger partial charge in [0, 0.05) is 6.42 Å². The zero-order valence-corrected chi connectivity index (χ0v) is 12.7. The molecule has 0 spiro atoms. The molecule has 1 heterocycles. The second kappa shape index (κ2) is 6.25. The molecule has 2 rings (SSSR count). The van der Waals surface area contributed by atoms with Crippen LogP contribution in [0.25, 0.3) is 0 Å². The van der Waals surface area contributed by atoms with Crippen molar-refractivity contribution in [2.45, 2.75) is 51.4 Å². The lowest BCUT2D eigenvalue weighted by Crippen LogP contribution is -2.14. The normalized spacial score (nSPS) is 23.8. The smallest absolute Gasteiger partial charge is 0.158 e. The van der Waals surface area contributed by atoms with E-state index in [1.807, 2.05) is 0 Å². The summed E-state index contributed by atoms with van der Waals surface area (Å²) < 4.78 is 11.2. The molecule has 106 valence electrons. The van der Waals surface area contributed by atoms with Gasteiger partial charge >= 0.3 is 0 Å². The molecule has 2 atom stereocenters. The standard InChI is InChI=1S/C16H23ClO2/c1-16(2,3)13-7-4-12(5-8-13)6-9-15-18-11-14(10-17)19-15/h4-5,7-8,14-15H,6,9-11H2,1-3H3/t14-,15+/m0/s1. The molecule has 3 heteroatoms. The Morgan fingerprint density at radius 3 is 2.42 bits per heavy atom. The largest absolute Gasteiger partial charge is 0.350 e. The molecule has 2 nitrogen and oxygen atoms in total. The van der Waals surface area contributed by atoms with Crippen molar-refractivity contribution < 1.29 is 9.47 Å². The Balaban J connectivity index is 1.84. The highest BCUT2D eigenvalue weighted by atomic mass is 35.5. The Labute approximate surface area is 121 Å². The molecule has 0 radical (unpaired) electrons. The average molecular weight is 283 g/mol. The van der Waals surface area contributed by atoms with Crippen molar-refractivity contribution in [3.63, 3.8) is 0 Å². The van der Waals surface area contributed by atoms with Gasteiger partial charge in [-0.1, -0.05) is 45.0 Å². The van der Waals surface area contributed by atoms with E-state index in [9.17, 15) is 0 Å². The lowest BCUT2D eigenvalue weighted by Gasteiger charge is -2.19. The van der Waals surface area contributed by atoms with Crippen molar-refractivity contribution in [1.82, 2.24) is 0 Å². The molecular formula is C16H23ClO2. The first-order valence-electron chi connectivity index (χ1n) is 6.91. The molecule has 0 amide bonds. The van der Waals surface area contributed by atoms with E-state index in [4.69, 9.17) is 21.1 Å². The lowest BCUT2D eigenvalue weighted by atomic mass is 9.86. The summed E-state index contributed by atoms with van der Waals surface area (Å²) >= 11 is 5.75. The third-order valence-electron chi connectivity index (χ3n) is 3.47. The van der Waals surface area contributed by atoms with Crippen molar-refractivity contribution in [2.24, 2.45) is 0 Å². The molecule has 1 saturated heterocycles. The van der Waals surface area contributed by atoms with E-state index in [1.54, 1.807) is 0 Å². The second-order valence-corrected chi connectivity index (χ2v) is 6.47. The molecule has 0 aromatic heterocycles. The number of halogens is 1. The third kappa shape index (κ3) is 4.20. The number of hydrogen-bond acceptors (Lipinski definition) is 2. The molecule has 0 saturated carbocycles. The number of rotatable bonds is 4. The zero-order chi connectivity index (χ0) is 13.9. The molecule has 0 N–H and O–H groups in total. The Hall–Kier alpha value is -0.570. The van der Waals surface area contributed by atoms with Gasteiger partial charge in [-0.05, 0) is 23.0 Å². The monoisotopic (exact) mass is 282 g/mol. The Morgan fingerprint density at radius 1 is 1.21 bits per heavy atom. The maximum absolute atomic E-state index is 5.75. The van der Waals surface area contributed by atoms with Gasteiger partial charge in [0.1, 0.15) is 0 Å². The van der Waals surface area contributed by atoms with Crippen LogP contribution in [0.2, 0.25) is 0 Å². The van der Waals surface area contributed by atoms with E-state index in [1.165, 1.54) is 11.1 Å². The van der Waals surface area contributed by atoms with E-state index >= 15 is 0 Å². The molecule has 0 unspecified atom stereocenters. The van der Waals surface area contributed by atoms with Crippen LogP contribution in [-0.2, 0) is 21.3 Å². The maximum atomic E-state index is 5.75. The van der Waals surface area contributed by atoms with Crippen molar-refractivity contribution >= 4 is 11.6 Å². The highest BCUT2D eigenvalue weighted by Gasteiger charge is 2.24. The van der Waals surface area contributed by atoms with Gasteiger partial charge in [-0.3, -0.25) is 0 Å². The van der Waals surface area contributed by atoms with Crippen LogP contribution in [0.5, 0.6) is 0 Å². The summed E-state index contributed by atoms with van der Waals surface area (Å²) in [6.45, 7) is 7.31. The predicted molar refractivity (Wildman–Crippen MR) is 78.8 cm³/mol. The Kier molecular flexibility index (Phi) is 4.88. The quantitative estimate of drug-likeness (QED) is 0.780. The summed E-state index contributed by atoms with van der Waals surface area (Å²) in [4.78, 5) is 0. The minimum atomic E-state index is -0.0916. The van der Waals surface area contributed by atoms with Crippen molar-refractivity contribution in [3.8, 4) is 0 Å². The molecule has 1 aliphatic heterocycles. The molecule has 1 aliphatic rings. The van der Waals surface area contributed by atoms with Crippen LogP contribution in [0.4, 0.5) is 0 Å². The number of ether oxygens (including phenoxy) is 2. The first-order chi connectivity index (χ1) is 8.99. The topological polar surface area (TPSA) is 18.5 Å².